The molecule has 0 bridgehead atoms. The van der Waals surface area contributed by atoms with Crippen molar-refractivity contribution in [2.45, 2.75) is 38.6 Å². The SMILES string of the molecule is COCC(=O)Nc1ccc(C2OC(=O)N(Cc3ccccc3)C2C(=O)NC(C)C)cc1. The van der Waals surface area contributed by atoms with Crippen molar-refractivity contribution in [2.75, 3.05) is 19.0 Å². The van der Waals surface area contributed by atoms with Crippen molar-refractivity contribution in [1.29, 1.82) is 0 Å². The summed E-state index contributed by atoms with van der Waals surface area (Å²) < 4.78 is 10.4. The Bertz CT molecular complexity index is 915. The molecule has 0 saturated carbocycles. The fraction of sp³-hybridized carbons (Fsp3) is 0.348. The van der Waals surface area contributed by atoms with Crippen molar-refractivity contribution < 1.29 is 23.9 Å². The van der Waals surface area contributed by atoms with Crippen LogP contribution >= 0.6 is 0 Å². The zero-order valence-corrected chi connectivity index (χ0v) is 17.8. The first-order valence-corrected chi connectivity index (χ1v) is 10.1. The quantitative estimate of drug-likeness (QED) is 0.678. The summed E-state index contributed by atoms with van der Waals surface area (Å²) in [6.07, 6.45) is -1.31. The van der Waals surface area contributed by atoms with Gasteiger partial charge in [0.25, 0.3) is 0 Å². The molecular weight excluding hydrogens is 398 g/mol. The van der Waals surface area contributed by atoms with Crippen LogP contribution < -0.4 is 10.6 Å². The smallest absolute Gasteiger partial charge is 0.411 e. The molecule has 1 fully saturated rings. The van der Waals surface area contributed by atoms with Gasteiger partial charge in [-0.1, -0.05) is 42.5 Å². The first-order chi connectivity index (χ1) is 14.9. The van der Waals surface area contributed by atoms with Crippen LogP contribution in [0, 0.1) is 0 Å². The number of nitrogens with zero attached hydrogens (tertiary/aromatic N) is 1. The third-order valence-electron chi connectivity index (χ3n) is 4.78. The van der Waals surface area contributed by atoms with Crippen LogP contribution in [0.5, 0.6) is 0 Å². The molecule has 3 rings (SSSR count). The fourth-order valence-electron chi connectivity index (χ4n) is 3.44. The predicted molar refractivity (Wildman–Crippen MR) is 115 cm³/mol. The number of cyclic esters (lactones) is 1. The molecule has 2 aromatic carbocycles. The molecule has 8 heteroatoms. The summed E-state index contributed by atoms with van der Waals surface area (Å²) >= 11 is 0. The third-order valence-corrected chi connectivity index (χ3v) is 4.78. The molecule has 1 aliphatic heterocycles. The molecule has 2 atom stereocenters. The number of ether oxygens (including phenoxy) is 2. The molecular formula is C23H27N3O5. The number of carbonyl (C=O) groups excluding carboxylic acids is 3. The number of benzene rings is 2. The lowest BCUT2D eigenvalue weighted by molar-refractivity contribution is -0.127. The Kier molecular flexibility index (Phi) is 7.25. The van der Waals surface area contributed by atoms with Gasteiger partial charge < -0.3 is 20.1 Å². The minimum absolute atomic E-state index is 0.0477. The molecule has 0 radical (unpaired) electrons. The van der Waals surface area contributed by atoms with Crippen LogP contribution in [0.3, 0.4) is 0 Å². The lowest BCUT2D eigenvalue weighted by Gasteiger charge is -2.25. The van der Waals surface area contributed by atoms with Gasteiger partial charge in [0.05, 0.1) is 6.54 Å². The zero-order chi connectivity index (χ0) is 22.4. The Morgan fingerprint density at radius 2 is 1.77 bits per heavy atom. The van der Waals surface area contributed by atoms with Gasteiger partial charge in [0.1, 0.15) is 6.61 Å². The van der Waals surface area contributed by atoms with Gasteiger partial charge in [0.2, 0.25) is 11.8 Å². The molecule has 8 nitrogen and oxygen atoms in total. The normalized spacial score (nSPS) is 18.1. The Morgan fingerprint density at radius 1 is 1.10 bits per heavy atom. The van der Waals surface area contributed by atoms with Crippen LogP contribution in [0.2, 0.25) is 0 Å². The van der Waals surface area contributed by atoms with E-state index < -0.39 is 18.2 Å². The van der Waals surface area contributed by atoms with Gasteiger partial charge in [-0.2, -0.15) is 0 Å². The largest absolute Gasteiger partial charge is 0.438 e. The van der Waals surface area contributed by atoms with Crippen LogP contribution in [-0.2, 0) is 25.6 Å². The van der Waals surface area contributed by atoms with E-state index in [1.54, 1.807) is 24.3 Å². The van der Waals surface area contributed by atoms with Gasteiger partial charge in [-0.25, -0.2) is 4.79 Å². The molecule has 2 N–H and O–H groups in total. The molecule has 0 aliphatic carbocycles. The first kappa shape index (κ1) is 22.3. The summed E-state index contributed by atoms with van der Waals surface area (Å²) in [7, 11) is 1.45. The van der Waals surface area contributed by atoms with E-state index in [0.29, 0.717) is 11.3 Å². The van der Waals surface area contributed by atoms with Gasteiger partial charge in [-0.15, -0.1) is 0 Å². The van der Waals surface area contributed by atoms with Crippen molar-refractivity contribution in [3.63, 3.8) is 0 Å². The number of rotatable bonds is 8. The van der Waals surface area contributed by atoms with Gasteiger partial charge >= 0.3 is 6.09 Å². The number of amides is 3. The monoisotopic (exact) mass is 425 g/mol. The lowest BCUT2D eigenvalue weighted by atomic mass is 10.00. The number of hydrogen-bond acceptors (Lipinski definition) is 5. The second-order valence-corrected chi connectivity index (χ2v) is 7.63. The van der Waals surface area contributed by atoms with E-state index in [2.05, 4.69) is 10.6 Å². The van der Waals surface area contributed by atoms with E-state index in [4.69, 9.17) is 9.47 Å². The molecule has 31 heavy (non-hydrogen) atoms. The molecule has 0 aromatic heterocycles. The molecule has 164 valence electrons. The van der Waals surface area contributed by atoms with Crippen molar-refractivity contribution in [3.05, 3.63) is 65.7 Å². The highest BCUT2D eigenvalue weighted by Gasteiger charge is 2.47. The highest BCUT2D eigenvalue weighted by Crippen LogP contribution is 2.34. The van der Waals surface area contributed by atoms with Crippen molar-refractivity contribution in [2.24, 2.45) is 0 Å². The Hall–Kier alpha value is -3.39. The topological polar surface area (TPSA) is 97.0 Å². The summed E-state index contributed by atoms with van der Waals surface area (Å²) in [5.41, 5.74) is 2.15. The van der Waals surface area contributed by atoms with E-state index >= 15 is 0 Å². The van der Waals surface area contributed by atoms with Crippen LogP contribution in [0.1, 0.15) is 31.1 Å². The summed E-state index contributed by atoms with van der Waals surface area (Å²) in [4.78, 5) is 38.9. The number of methoxy groups -OCH3 is 1. The van der Waals surface area contributed by atoms with Crippen molar-refractivity contribution in [1.82, 2.24) is 10.2 Å². The summed E-state index contributed by atoms with van der Waals surface area (Å²) in [6, 6.07) is 15.4. The molecule has 2 unspecified atom stereocenters. The zero-order valence-electron chi connectivity index (χ0n) is 17.8. The average Bonchev–Trinajstić information content (AvgIpc) is 3.05. The standard InChI is InChI=1S/C23H27N3O5/c1-15(2)24-22(28)20-21(17-9-11-18(12-10-17)25-19(27)14-30-3)31-23(29)26(20)13-16-7-5-4-6-8-16/h4-12,15,20-21H,13-14H2,1-3H3,(H,24,28)(H,25,27). The average molecular weight is 425 g/mol. The third kappa shape index (κ3) is 5.61. The van der Waals surface area contributed by atoms with Crippen molar-refractivity contribution >= 4 is 23.6 Å². The Balaban J connectivity index is 1.84. The highest BCUT2D eigenvalue weighted by molar-refractivity contribution is 5.92. The van der Waals surface area contributed by atoms with Crippen LogP contribution in [0.4, 0.5) is 10.5 Å². The van der Waals surface area contributed by atoms with Gasteiger partial charge in [0, 0.05) is 18.8 Å². The molecule has 3 amide bonds. The van der Waals surface area contributed by atoms with E-state index in [0.717, 1.165) is 5.56 Å². The molecule has 1 aliphatic rings. The molecule has 0 spiro atoms. The molecule has 1 heterocycles. The minimum atomic E-state index is -0.816. The van der Waals surface area contributed by atoms with Gasteiger partial charge in [0.15, 0.2) is 12.1 Å². The van der Waals surface area contributed by atoms with Crippen molar-refractivity contribution in [3.8, 4) is 0 Å². The predicted octanol–water partition coefficient (Wildman–Crippen LogP) is 2.86. The van der Waals surface area contributed by atoms with Crippen LogP contribution in [-0.4, -0.2) is 48.6 Å². The van der Waals surface area contributed by atoms with E-state index in [1.165, 1.54) is 12.0 Å². The maximum atomic E-state index is 13.0. The maximum Gasteiger partial charge on any atom is 0.411 e. The highest BCUT2D eigenvalue weighted by atomic mass is 16.6. The summed E-state index contributed by atoms with van der Waals surface area (Å²) in [5.74, 6) is -0.551. The first-order valence-electron chi connectivity index (χ1n) is 10.1. The Morgan fingerprint density at radius 3 is 2.39 bits per heavy atom. The maximum absolute atomic E-state index is 13.0. The summed E-state index contributed by atoms with van der Waals surface area (Å²) in [6.45, 7) is 3.94. The number of carbonyl (C=O) groups is 3. The van der Waals surface area contributed by atoms with E-state index in [1.807, 2.05) is 44.2 Å². The lowest BCUT2D eigenvalue weighted by Crippen LogP contribution is -2.48. The van der Waals surface area contributed by atoms with E-state index in [9.17, 15) is 14.4 Å². The minimum Gasteiger partial charge on any atom is -0.438 e. The molecule has 1 saturated heterocycles. The molecule has 2 aromatic rings. The fourth-order valence-corrected chi connectivity index (χ4v) is 3.44. The second-order valence-electron chi connectivity index (χ2n) is 7.63. The van der Waals surface area contributed by atoms with Gasteiger partial charge in [-0.3, -0.25) is 14.5 Å². The van der Waals surface area contributed by atoms with Gasteiger partial charge in [-0.05, 0) is 37.1 Å². The van der Waals surface area contributed by atoms with Crippen LogP contribution in [0.15, 0.2) is 54.6 Å². The summed E-state index contributed by atoms with van der Waals surface area (Å²) in [5, 5.41) is 5.60. The number of hydrogen-bond donors (Lipinski definition) is 2. The second kappa shape index (κ2) is 10.1. The number of nitrogens with one attached hydrogen (secondary N) is 2. The van der Waals surface area contributed by atoms with Crippen LogP contribution in [0.25, 0.3) is 0 Å². The number of anilines is 1. The van der Waals surface area contributed by atoms with E-state index in [-0.39, 0.29) is 31.0 Å². The Labute approximate surface area is 181 Å².